The number of benzene rings is 6. The summed E-state index contributed by atoms with van der Waals surface area (Å²) >= 11 is 2.10. The van der Waals surface area contributed by atoms with E-state index in [1.165, 1.54) is 156 Å². The Balaban J connectivity index is 1.18. The molecule has 0 amide bonds. The maximum atomic E-state index is 2.78. The number of anilines is 6. The monoisotopic (exact) mass is 951 g/mol. The van der Waals surface area contributed by atoms with Crippen LogP contribution >= 0.6 is 11.3 Å². The number of thiophene rings is 1. The van der Waals surface area contributed by atoms with E-state index in [-0.39, 0.29) is 44.6 Å². The van der Waals surface area contributed by atoms with Crippen LogP contribution < -0.4 is 25.5 Å². The lowest BCUT2D eigenvalue weighted by Crippen LogP contribution is -2.60. The smallest absolute Gasteiger partial charge is 0.264 e. The molecule has 7 aromatic rings. The van der Waals surface area contributed by atoms with Crippen molar-refractivity contribution in [2.75, 3.05) is 9.80 Å². The topological polar surface area (TPSA) is 6.48 Å². The summed E-state index contributed by atoms with van der Waals surface area (Å²) in [6.45, 7) is 34.6. The molecular formula is C67H75BN2S. The molecule has 362 valence electrons. The number of hydrogen-bond donors (Lipinski definition) is 0. The van der Waals surface area contributed by atoms with Gasteiger partial charge in [-0.3, -0.25) is 0 Å². The molecule has 71 heavy (non-hydrogen) atoms. The lowest BCUT2D eigenvalue weighted by molar-refractivity contribution is 0.188. The van der Waals surface area contributed by atoms with Crippen LogP contribution in [0.5, 0.6) is 0 Å². The maximum absolute atomic E-state index is 2.78. The zero-order chi connectivity index (χ0) is 49.7. The van der Waals surface area contributed by atoms with Crippen LogP contribution in [0.15, 0.2) is 103 Å². The van der Waals surface area contributed by atoms with Gasteiger partial charge in [0.2, 0.25) is 0 Å². The van der Waals surface area contributed by atoms with E-state index < -0.39 is 0 Å². The minimum atomic E-state index is -0.0273. The second-order valence-corrected chi connectivity index (χ2v) is 28.8. The lowest BCUT2D eigenvalue weighted by atomic mass is 9.36. The van der Waals surface area contributed by atoms with Crippen molar-refractivity contribution in [3.8, 4) is 11.1 Å². The van der Waals surface area contributed by atoms with Gasteiger partial charge in [-0.1, -0.05) is 145 Å². The first kappa shape index (κ1) is 45.8. The molecule has 3 heterocycles. The van der Waals surface area contributed by atoms with Gasteiger partial charge in [-0.15, -0.1) is 11.3 Å². The zero-order valence-corrected chi connectivity index (χ0v) is 46.2. The number of nitrogens with zero attached hydrogens (tertiary/aromatic N) is 2. The Morgan fingerprint density at radius 1 is 0.479 bits per heavy atom. The van der Waals surface area contributed by atoms with Gasteiger partial charge >= 0.3 is 0 Å². The Kier molecular flexibility index (Phi) is 9.40. The highest BCUT2D eigenvalue weighted by molar-refractivity contribution is 7.33. The fraction of sp³-hybridized carbons (Fsp3) is 0.433. The number of hydrogen-bond acceptors (Lipinski definition) is 3. The first-order valence-corrected chi connectivity index (χ1v) is 28.1. The summed E-state index contributed by atoms with van der Waals surface area (Å²) in [4.78, 5) is 5.52. The second kappa shape index (κ2) is 14.6. The van der Waals surface area contributed by atoms with Gasteiger partial charge in [-0.25, -0.2) is 0 Å². The molecule has 6 aromatic carbocycles. The first-order valence-electron chi connectivity index (χ1n) is 27.3. The van der Waals surface area contributed by atoms with Crippen LogP contribution in [0, 0.1) is 6.92 Å². The molecule has 0 spiro atoms. The molecule has 0 unspecified atom stereocenters. The van der Waals surface area contributed by atoms with Crippen molar-refractivity contribution < 1.29 is 0 Å². The molecule has 0 atom stereocenters. The number of fused-ring (bicyclic) bond motifs is 10. The summed E-state index contributed by atoms with van der Waals surface area (Å²) in [5.74, 6) is 0. The molecular weight excluding hydrogens is 876 g/mol. The van der Waals surface area contributed by atoms with Crippen molar-refractivity contribution in [2.24, 2.45) is 0 Å². The standard InChI is InChI=1S/C67H75BN2S/c1-40-32-47-49(65(11,12)27-26-63(47,7)8)38-53(40)70-54-35-43(61(2,3)4)20-23-52(54)68-58-55(33-42(34-56(58)70)41-18-16-15-17-19-41)69(44-21-22-46-48(36-44)64(9,10)25-24-62(46,5)6)59-45-37-50-51(39-57(45)71-60(59)68)67(14)30-28-66(50,13)29-31-67/h15-23,32-39H,24-31H2,1-14H3. The summed E-state index contributed by atoms with van der Waals surface area (Å²) < 4.78 is 2.93. The van der Waals surface area contributed by atoms with Crippen molar-refractivity contribution >= 4 is 78.0 Å². The Hall–Kier alpha value is -5.06. The van der Waals surface area contributed by atoms with E-state index >= 15 is 0 Å². The Morgan fingerprint density at radius 3 is 1.66 bits per heavy atom. The van der Waals surface area contributed by atoms with Crippen LogP contribution in [0.25, 0.3) is 21.2 Å². The zero-order valence-electron chi connectivity index (χ0n) is 45.4. The summed E-state index contributed by atoms with van der Waals surface area (Å²) in [5.41, 5.74) is 26.1. The molecule has 1 aromatic heterocycles. The SMILES string of the molecule is Cc1cc2c(cc1N1c3cc(C(C)(C)C)ccc3B3c4sc5cc6c(cc5c4N(c4ccc5c(c4)C(C)(C)CCC5(C)C)c4cc(-c5ccccc5)cc1c43)C1(C)CCC6(C)CC1)C(C)(C)CCC2(C)C. The van der Waals surface area contributed by atoms with Crippen molar-refractivity contribution in [1.29, 1.82) is 0 Å². The van der Waals surface area contributed by atoms with Gasteiger partial charge in [0.15, 0.2) is 0 Å². The maximum Gasteiger partial charge on any atom is 0.264 e. The fourth-order valence-electron chi connectivity index (χ4n) is 14.9. The van der Waals surface area contributed by atoms with Crippen molar-refractivity contribution in [3.63, 3.8) is 0 Å². The summed E-state index contributed by atoms with van der Waals surface area (Å²) in [6.07, 6.45) is 9.90. The molecule has 0 N–H and O–H groups in total. The predicted molar refractivity (Wildman–Crippen MR) is 308 cm³/mol. The van der Waals surface area contributed by atoms with Gasteiger partial charge in [0.25, 0.3) is 6.71 Å². The number of rotatable bonds is 3. The quantitative estimate of drug-likeness (QED) is 0.163. The molecule has 14 rings (SSSR count). The normalized spacial score (nSPS) is 23.7. The minimum Gasteiger partial charge on any atom is -0.311 e. The average Bonchev–Trinajstić information content (AvgIpc) is 3.70. The van der Waals surface area contributed by atoms with Gasteiger partial charge in [-0.2, -0.15) is 0 Å². The van der Waals surface area contributed by atoms with Crippen LogP contribution in [-0.2, 0) is 37.9 Å². The highest BCUT2D eigenvalue weighted by Crippen LogP contribution is 2.60. The summed E-state index contributed by atoms with van der Waals surface area (Å²) in [6, 6.07) is 42.3. The van der Waals surface area contributed by atoms with E-state index in [9.17, 15) is 0 Å². The minimum absolute atomic E-state index is 0.0273. The van der Waals surface area contributed by atoms with Gasteiger partial charge < -0.3 is 9.80 Å². The van der Waals surface area contributed by atoms with Gasteiger partial charge in [0.1, 0.15) is 0 Å². The molecule has 5 aliphatic carbocycles. The summed E-state index contributed by atoms with van der Waals surface area (Å²) in [7, 11) is 0. The third-order valence-corrected chi connectivity index (χ3v) is 21.2. The van der Waals surface area contributed by atoms with Gasteiger partial charge in [0.05, 0.1) is 5.69 Å². The van der Waals surface area contributed by atoms with Crippen LogP contribution in [0.2, 0.25) is 0 Å². The Labute approximate surface area is 430 Å². The molecule has 2 bridgehead atoms. The largest absolute Gasteiger partial charge is 0.311 e. The Bertz CT molecular complexity index is 3420. The average molecular weight is 951 g/mol. The Morgan fingerprint density at radius 2 is 1.04 bits per heavy atom. The molecule has 4 heteroatoms. The van der Waals surface area contributed by atoms with E-state index in [1.807, 2.05) is 0 Å². The molecule has 0 radical (unpaired) electrons. The molecule has 1 fully saturated rings. The van der Waals surface area contributed by atoms with Crippen molar-refractivity contribution in [2.45, 2.75) is 186 Å². The third-order valence-electron chi connectivity index (χ3n) is 20.0. The molecule has 0 saturated heterocycles. The molecule has 1 saturated carbocycles. The van der Waals surface area contributed by atoms with Crippen molar-refractivity contribution in [1.82, 2.24) is 0 Å². The van der Waals surface area contributed by atoms with Crippen LogP contribution in [0.1, 0.15) is 186 Å². The fourth-order valence-corrected chi connectivity index (χ4v) is 16.2. The van der Waals surface area contributed by atoms with E-state index in [2.05, 4.69) is 221 Å². The first-order chi connectivity index (χ1) is 33.4. The van der Waals surface area contributed by atoms with E-state index in [0.29, 0.717) is 0 Å². The van der Waals surface area contributed by atoms with Crippen LogP contribution in [0.4, 0.5) is 34.1 Å². The van der Waals surface area contributed by atoms with E-state index in [1.54, 1.807) is 11.1 Å². The number of aryl methyl sites for hydroxylation is 1. The van der Waals surface area contributed by atoms with E-state index in [0.717, 1.165) is 0 Å². The molecule has 2 nitrogen and oxygen atoms in total. The lowest BCUT2D eigenvalue weighted by Gasteiger charge is -2.52. The highest BCUT2D eigenvalue weighted by atomic mass is 32.1. The van der Waals surface area contributed by atoms with Crippen LogP contribution in [-0.4, -0.2) is 6.71 Å². The predicted octanol–water partition coefficient (Wildman–Crippen LogP) is 17.1. The highest BCUT2D eigenvalue weighted by Gasteiger charge is 2.51. The third kappa shape index (κ3) is 6.50. The summed E-state index contributed by atoms with van der Waals surface area (Å²) in [5, 5.41) is 1.43. The molecule has 2 aliphatic heterocycles. The van der Waals surface area contributed by atoms with E-state index in [4.69, 9.17) is 0 Å². The second-order valence-electron chi connectivity index (χ2n) is 27.7. The molecule has 7 aliphatic rings. The van der Waals surface area contributed by atoms with Crippen LogP contribution in [0.3, 0.4) is 0 Å². The van der Waals surface area contributed by atoms with Gasteiger partial charge in [-0.05, 0) is 211 Å². The van der Waals surface area contributed by atoms with Crippen molar-refractivity contribution in [3.05, 3.63) is 148 Å². The van der Waals surface area contributed by atoms with Gasteiger partial charge in [0, 0.05) is 43.3 Å².